The summed E-state index contributed by atoms with van der Waals surface area (Å²) in [5.41, 5.74) is 1.13. The van der Waals surface area contributed by atoms with E-state index in [1.54, 1.807) is 4.90 Å². The summed E-state index contributed by atoms with van der Waals surface area (Å²) >= 11 is 0. The van der Waals surface area contributed by atoms with E-state index in [-0.39, 0.29) is 35.4 Å². The zero-order valence-electron chi connectivity index (χ0n) is 15.6. The molecule has 2 aromatic rings. The van der Waals surface area contributed by atoms with Crippen molar-refractivity contribution in [1.29, 1.82) is 0 Å². The predicted molar refractivity (Wildman–Crippen MR) is 101 cm³/mol. The van der Waals surface area contributed by atoms with Crippen molar-refractivity contribution in [3.8, 4) is 0 Å². The molecule has 0 aromatic heterocycles. The maximum Gasteiger partial charge on any atom is 0.264 e. The van der Waals surface area contributed by atoms with Crippen molar-refractivity contribution >= 4 is 21.8 Å². The van der Waals surface area contributed by atoms with Gasteiger partial charge in [0.2, 0.25) is 11.8 Å². The monoisotopic (exact) mass is 404 g/mol. The normalized spacial score (nSPS) is 18.2. The molecular formula is C20H21FN2O4S. The van der Waals surface area contributed by atoms with Crippen LogP contribution >= 0.6 is 0 Å². The van der Waals surface area contributed by atoms with Gasteiger partial charge >= 0.3 is 0 Å². The van der Waals surface area contributed by atoms with E-state index in [0.29, 0.717) is 0 Å². The number of amides is 2. The molecule has 2 aromatic carbocycles. The van der Waals surface area contributed by atoms with Gasteiger partial charge in [-0.25, -0.2) is 17.5 Å². The Morgan fingerprint density at radius 2 is 1.89 bits per heavy atom. The highest BCUT2D eigenvalue weighted by Gasteiger charge is 2.38. The number of nitrogens with zero attached hydrogens (tertiary/aromatic N) is 1. The van der Waals surface area contributed by atoms with Crippen LogP contribution in [0.3, 0.4) is 0 Å². The Morgan fingerprint density at radius 3 is 2.54 bits per heavy atom. The summed E-state index contributed by atoms with van der Waals surface area (Å²) in [4.78, 5) is 26.3. The first-order valence-corrected chi connectivity index (χ1v) is 10.3. The van der Waals surface area contributed by atoms with Gasteiger partial charge in [-0.1, -0.05) is 30.3 Å². The molecule has 0 saturated carbocycles. The number of halogens is 1. The first-order valence-electron chi connectivity index (χ1n) is 8.86. The average Bonchev–Trinajstić information content (AvgIpc) is 3.03. The second-order valence-corrected chi connectivity index (χ2v) is 8.56. The summed E-state index contributed by atoms with van der Waals surface area (Å²) in [5, 5.41) is 0. The van der Waals surface area contributed by atoms with Crippen molar-refractivity contribution in [1.82, 2.24) is 9.62 Å². The number of hydrogen-bond acceptors (Lipinski definition) is 4. The fraction of sp³-hybridized carbons (Fsp3) is 0.300. The first-order chi connectivity index (χ1) is 13.2. The molecule has 8 heteroatoms. The number of nitrogens with one attached hydrogen (secondary N) is 1. The minimum Gasteiger partial charge on any atom is -0.335 e. The molecule has 0 spiro atoms. The van der Waals surface area contributed by atoms with Crippen LogP contribution in [0.1, 0.15) is 30.5 Å². The smallest absolute Gasteiger partial charge is 0.264 e. The van der Waals surface area contributed by atoms with Crippen LogP contribution in [0.4, 0.5) is 4.39 Å². The zero-order valence-corrected chi connectivity index (χ0v) is 16.4. The molecule has 1 heterocycles. The molecule has 0 bridgehead atoms. The Labute approximate surface area is 163 Å². The Bertz CT molecular complexity index is 1010. The Morgan fingerprint density at radius 1 is 1.21 bits per heavy atom. The van der Waals surface area contributed by atoms with Crippen molar-refractivity contribution in [2.45, 2.75) is 31.2 Å². The first kappa shape index (κ1) is 20.0. The predicted octanol–water partition coefficient (Wildman–Crippen LogP) is 2.55. The highest BCUT2D eigenvalue weighted by molar-refractivity contribution is 7.90. The van der Waals surface area contributed by atoms with E-state index in [1.807, 2.05) is 42.0 Å². The lowest BCUT2D eigenvalue weighted by molar-refractivity contribution is -0.130. The molecule has 1 N–H and O–H groups in total. The van der Waals surface area contributed by atoms with Gasteiger partial charge in [-0.2, -0.15) is 0 Å². The van der Waals surface area contributed by atoms with Crippen LogP contribution < -0.4 is 4.72 Å². The number of likely N-dealkylation sites (tertiary alicyclic amines) is 1. The van der Waals surface area contributed by atoms with E-state index in [9.17, 15) is 22.4 Å². The number of hydrogen-bond donors (Lipinski definition) is 1. The Kier molecular flexibility index (Phi) is 5.51. The molecule has 6 nitrogen and oxygen atoms in total. The molecule has 1 saturated heterocycles. The third-order valence-corrected chi connectivity index (χ3v) is 6.45. The van der Waals surface area contributed by atoms with Crippen LogP contribution in [-0.2, 0) is 19.6 Å². The maximum absolute atomic E-state index is 13.2. The minimum absolute atomic E-state index is 0.0546. The van der Waals surface area contributed by atoms with Gasteiger partial charge in [0, 0.05) is 13.0 Å². The fourth-order valence-corrected chi connectivity index (χ4v) is 4.65. The van der Waals surface area contributed by atoms with Crippen LogP contribution in [0, 0.1) is 18.7 Å². The Hall–Kier alpha value is -2.74. The molecule has 3 rings (SSSR count). The van der Waals surface area contributed by atoms with Gasteiger partial charge < -0.3 is 4.90 Å². The second kappa shape index (κ2) is 7.71. The standard InChI is InChI=1S/C20H21FN2O4S/c1-13-10-17(21)8-9-18(13)28(26,27)22-20(25)16-11-19(24)23(12-16)14(2)15-6-4-3-5-7-15/h3-10,14,16H,11-12H2,1-2H3,(H,22,25). The molecule has 2 unspecified atom stereocenters. The van der Waals surface area contributed by atoms with E-state index in [2.05, 4.69) is 0 Å². The molecule has 1 fully saturated rings. The second-order valence-electron chi connectivity index (χ2n) is 6.91. The third kappa shape index (κ3) is 4.06. The molecule has 2 amide bonds. The van der Waals surface area contributed by atoms with E-state index in [0.717, 1.165) is 23.8 Å². The third-order valence-electron chi connectivity index (χ3n) is 4.94. The number of benzene rings is 2. The molecule has 28 heavy (non-hydrogen) atoms. The molecule has 1 aliphatic heterocycles. The average molecular weight is 404 g/mol. The number of carbonyl (C=O) groups is 2. The van der Waals surface area contributed by atoms with Gasteiger partial charge in [-0.3, -0.25) is 9.59 Å². The topological polar surface area (TPSA) is 83.5 Å². The van der Waals surface area contributed by atoms with Gasteiger partial charge in [-0.05, 0) is 43.2 Å². The van der Waals surface area contributed by atoms with Crippen LogP contribution in [-0.4, -0.2) is 31.7 Å². The molecule has 0 aliphatic carbocycles. The van der Waals surface area contributed by atoms with Crippen molar-refractivity contribution in [3.63, 3.8) is 0 Å². The molecule has 1 aliphatic rings. The molecule has 0 radical (unpaired) electrons. The SMILES string of the molecule is Cc1cc(F)ccc1S(=O)(=O)NC(=O)C1CC(=O)N(C(C)c2ccccc2)C1. The van der Waals surface area contributed by atoms with Gasteiger partial charge in [0.25, 0.3) is 10.0 Å². The molecule has 2 atom stereocenters. The lowest BCUT2D eigenvalue weighted by Crippen LogP contribution is -2.37. The van der Waals surface area contributed by atoms with Crippen molar-refractivity contribution in [2.75, 3.05) is 6.54 Å². The van der Waals surface area contributed by atoms with Crippen molar-refractivity contribution in [2.24, 2.45) is 5.92 Å². The lowest BCUT2D eigenvalue weighted by Gasteiger charge is -2.25. The fourth-order valence-electron chi connectivity index (χ4n) is 3.38. The number of sulfonamides is 1. The summed E-state index contributed by atoms with van der Waals surface area (Å²) < 4.78 is 40.2. The summed E-state index contributed by atoms with van der Waals surface area (Å²) in [6.45, 7) is 3.45. The quantitative estimate of drug-likeness (QED) is 0.830. The highest BCUT2D eigenvalue weighted by atomic mass is 32.2. The lowest BCUT2D eigenvalue weighted by atomic mass is 10.1. The van der Waals surface area contributed by atoms with E-state index >= 15 is 0 Å². The van der Waals surface area contributed by atoms with Gasteiger partial charge in [0.1, 0.15) is 5.82 Å². The van der Waals surface area contributed by atoms with Gasteiger partial charge in [0.05, 0.1) is 16.9 Å². The summed E-state index contributed by atoms with van der Waals surface area (Å²) in [7, 11) is -4.15. The number of rotatable bonds is 5. The van der Waals surface area contributed by atoms with Crippen LogP contribution in [0.25, 0.3) is 0 Å². The van der Waals surface area contributed by atoms with Crippen LogP contribution in [0.15, 0.2) is 53.4 Å². The van der Waals surface area contributed by atoms with E-state index in [1.165, 1.54) is 6.92 Å². The van der Waals surface area contributed by atoms with Crippen molar-refractivity contribution < 1.29 is 22.4 Å². The largest absolute Gasteiger partial charge is 0.335 e. The van der Waals surface area contributed by atoms with Gasteiger partial charge in [-0.15, -0.1) is 0 Å². The molecular weight excluding hydrogens is 383 g/mol. The summed E-state index contributed by atoms with van der Waals surface area (Å²) in [6, 6.07) is 12.4. The van der Waals surface area contributed by atoms with Crippen LogP contribution in [0.2, 0.25) is 0 Å². The van der Waals surface area contributed by atoms with Crippen LogP contribution in [0.5, 0.6) is 0 Å². The maximum atomic E-state index is 13.2. The summed E-state index contributed by atoms with van der Waals surface area (Å²) in [6.07, 6.45) is -0.0546. The number of aryl methyl sites for hydroxylation is 1. The Balaban J connectivity index is 1.72. The zero-order chi connectivity index (χ0) is 20.5. The van der Waals surface area contributed by atoms with Crippen molar-refractivity contribution in [3.05, 3.63) is 65.5 Å². The summed E-state index contributed by atoms with van der Waals surface area (Å²) in [5.74, 6) is -2.27. The van der Waals surface area contributed by atoms with Gasteiger partial charge in [0.15, 0.2) is 0 Å². The highest BCUT2D eigenvalue weighted by Crippen LogP contribution is 2.29. The molecule has 148 valence electrons. The van der Waals surface area contributed by atoms with E-state index in [4.69, 9.17) is 0 Å². The van der Waals surface area contributed by atoms with E-state index < -0.39 is 27.7 Å². The minimum atomic E-state index is -4.15. The number of carbonyl (C=O) groups excluding carboxylic acids is 2.